The number of imide groups is 1. The average Bonchev–Trinajstić information content (AvgIpc) is 1.71. The molecule has 6 saturated carbocycles. The van der Waals surface area contributed by atoms with Gasteiger partial charge in [0.05, 0.1) is 46.5 Å². The Bertz CT molecular complexity index is 2650. The third-order valence-electron chi connectivity index (χ3n) is 17.0. The average molecular weight is 1250 g/mol. The Morgan fingerprint density at radius 1 is 0.716 bits per heavy atom. The lowest BCUT2D eigenvalue weighted by molar-refractivity contribution is -0.384. The van der Waals surface area contributed by atoms with Crippen molar-refractivity contribution in [2.45, 2.75) is 210 Å². The number of hydroxylamine groups is 2. The number of esters is 1. The fraction of sp³-hybridized carbons (Fsp3) is 0.681. The number of halogens is 2. The number of fused-ring (bicyclic) bond motifs is 1. The van der Waals surface area contributed by atoms with E-state index in [1.165, 1.54) is 92.7 Å². The number of hydrogen-bond acceptors (Lipinski definition) is 14. The first-order valence-corrected chi connectivity index (χ1v) is 32.6. The van der Waals surface area contributed by atoms with Crippen LogP contribution in [0.4, 0.5) is 15.9 Å². The third-order valence-corrected chi connectivity index (χ3v) is 17.3. The van der Waals surface area contributed by atoms with Crippen molar-refractivity contribution >= 4 is 46.8 Å². The van der Waals surface area contributed by atoms with Crippen LogP contribution >= 0.6 is 11.6 Å². The van der Waals surface area contributed by atoms with E-state index in [1.54, 1.807) is 19.2 Å². The van der Waals surface area contributed by atoms with Gasteiger partial charge in [-0.25, -0.2) is 19.2 Å². The summed E-state index contributed by atoms with van der Waals surface area (Å²) in [5, 5.41) is 42.2. The third kappa shape index (κ3) is 24.0. The number of non-ortho nitro benzene ring substituents is 1. The maximum atomic E-state index is 13.8. The van der Waals surface area contributed by atoms with E-state index >= 15 is 0 Å². The van der Waals surface area contributed by atoms with Crippen LogP contribution in [0, 0.1) is 104 Å². The number of nitrogens with two attached hydrogens (primary N) is 1. The molecule has 6 aliphatic carbocycles. The van der Waals surface area contributed by atoms with Gasteiger partial charge in [-0.3, -0.25) is 34.2 Å². The maximum Gasteiger partial charge on any atom is 0.338 e. The van der Waals surface area contributed by atoms with Crippen LogP contribution in [0.1, 0.15) is 211 Å². The van der Waals surface area contributed by atoms with Crippen LogP contribution in [0.25, 0.3) is 0 Å². The zero-order chi connectivity index (χ0) is 66.0. The molecular formula is C69H105ClFN7O10. The maximum absolute atomic E-state index is 13.8. The van der Waals surface area contributed by atoms with E-state index in [2.05, 4.69) is 84.4 Å². The summed E-state index contributed by atoms with van der Waals surface area (Å²) in [5.74, 6) is 5.34. The molecule has 0 saturated heterocycles. The Hall–Kier alpha value is -5.58. The van der Waals surface area contributed by atoms with Crippen LogP contribution in [0.5, 0.6) is 0 Å². The molecular weight excluding hydrogens is 1140 g/mol. The van der Waals surface area contributed by atoms with Gasteiger partial charge in [-0.15, -0.1) is 0 Å². The van der Waals surface area contributed by atoms with Crippen LogP contribution in [0.15, 0.2) is 54.6 Å². The van der Waals surface area contributed by atoms with Gasteiger partial charge in [-0.2, -0.15) is 5.26 Å². The van der Waals surface area contributed by atoms with Crippen LogP contribution in [0.2, 0.25) is 5.15 Å². The summed E-state index contributed by atoms with van der Waals surface area (Å²) in [6, 6.07) is 16.3. The van der Waals surface area contributed by atoms with Crippen LogP contribution < -0.4 is 11.1 Å². The Morgan fingerprint density at radius 3 is 1.48 bits per heavy atom. The lowest BCUT2D eigenvalue weighted by atomic mass is 9.98. The van der Waals surface area contributed by atoms with Gasteiger partial charge >= 0.3 is 5.97 Å². The standard InChI is InChI=1S/C15H17NO2.C14H17NO4.C13H15ClFN3.C7H15N.2C7H14O.C6H13NO2/c1-9(2)13(10-7-8-10)16-14(17)11-5-3-4-6-12(11)15(16)18;1-9(2)13(10-3-4-10)19-14(16)11-5-7-12(8-6-11)15(17)18;1-7(2)11(8-3-4-8)17-13-10(15)5-9(6-16)12(14)18-13;3*1-5(2)7(8)6-3-4-6;1-5(2)6(8)7(3)9-4/h3-6,9-10,13H,7-8H2,1-2H3;5-10,13H,3-4H2,1-2H3;5,7-8,11H,3-4H2,1-2H3,(H,17,18);5-7H,3-4,8H2,1-2H3;2*5-8H,3-4H2,1-2H3;5H,1-4H3/t13-;;11-;7-;;;/m0.00.../s1. The highest BCUT2D eigenvalue weighted by atomic mass is 35.5. The number of nitro benzene ring substituents is 1. The molecule has 3 aromatic rings. The number of carbonyl (C=O) groups excluding carboxylic acids is 4. The van der Waals surface area contributed by atoms with Crippen molar-refractivity contribution in [2.75, 3.05) is 19.5 Å². The van der Waals surface area contributed by atoms with Crippen molar-refractivity contribution < 1.29 is 48.3 Å². The number of nitriles is 1. The number of nitrogens with one attached hydrogen (secondary N) is 1. The molecule has 6 atom stereocenters. The van der Waals surface area contributed by atoms with Crippen molar-refractivity contribution in [3.63, 3.8) is 0 Å². The summed E-state index contributed by atoms with van der Waals surface area (Å²) in [4.78, 5) is 67.8. The van der Waals surface area contributed by atoms with Crippen molar-refractivity contribution in [1.82, 2.24) is 14.9 Å². The lowest BCUT2D eigenvalue weighted by Crippen LogP contribution is -2.44. The second-order valence-electron chi connectivity index (χ2n) is 27.3. The molecule has 1 aliphatic heterocycles. The highest BCUT2D eigenvalue weighted by Gasteiger charge is 2.47. The molecule has 0 bridgehead atoms. The molecule has 490 valence electrons. The number of nitrogens with zero attached hydrogens (tertiary/aromatic N) is 5. The Balaban J connectivity index is 0.000000227. The molecule has 10 rings (SSSR count). The van der Waals surface area contributed by atoms with E-state index in [0.717, 1.165) is 37.7 Å². The van der Waals surface area contributed by atoms with E-state index in [1.807, 2.05) is 45.9 Å². The number of hydrogen-bond donors (Lipinski definition) is 4. The monoisotopic (exact) mass is 1250 g/mol. The predicted molar refractivity (Wildman–Crippen MR) is 344 cm³/mol. The minimum absolute atomic E-state index is 0.00231. The summed E-state index contributed by atoms with van der Waals surface area (Å²) in [7, 11) is 3.07. The van der Waals surface area contributed by atoms with E-state index in [4.69, 9.17) is 27.3 Å². The first kappa shape index (κ1) is 74.9. The molecule has 1 aromatic heterocycles. The van der Waals surface area contributed by atoms with Crippen LogP contribution in [0.3, 0.4) is 0 Å². The van der Waals surface area contributed by atoms with Gasteiger partial charge in [-0.1, -0.05) is 121 Å². The predicted octanol–water partition coefficient (Wildman–Crippen LogP) is 14.4. The van der Waals surface area contributed by atoms with Gasteiger partial charge < -0.3 is 26.0 Å². The molecule has 0 radical (unpaired) electrons. The fourth-order valence-electron chi connectivity index (χ4n) is 10.6. The molecule has 88 heavy (non-hydrogen) atoms. The number of anilines is 1. The quantitative estimate of drug-likeness (QED) is 0.0270. The SMILES string of the molecule is CC(C)C(O)C1CC1.CC(C)C(O)C1CC1.CC(C)C(OC(=O)c1ccc([N+](=O)[O-])cc1)C1CC1.CC(C)[C@@H](C1CC1)N1C(=O)c2ccccc2C1=O.CC(C)[C@H](N)C1CC1.CC(C)[C@H](Nc1nc(Cl)c(C#N)cc1F)C1CC1.CON(C)C(=O)C(C)C. The number of aliphatic hydroxyl groups excluding tert-OH is 2. The van der Waals surface area contributed by atoms with Gasteiger partial charge in [0.2, 0.25) is 5.91 Å². The number of benzene rings is 2. The van der Waals surface area contributed by atoms with E-state index < -0.39 is 16.7 Å². The van der Waals surface area contributed by atoms with E-state index in [0.29, 0.717) is 81.9 Å². The molecule has 17 nitrogen and oxygen atoms in total. The van der Waals surface area contributed by atoms with E-state index in [-0.39, 0.29) is 82.2 Å². The van der Waals surface area contributed by atoms with Crippen LogP contribution in [-0.4, -0.2) is 104 Å². The largest absolute Gasteiger partial charge is 0.458 e. The summed E-state index contributed by atoms with van der Waals surface area (Å²) < 4.78 is 19.3. The Kier molecular flexibility index (Phi) is 29.9. The highest BCUT2D eigenvalue weighted by Crippen LogP contribution is 2.43. The number of amides is 3. The van der Waals surface area contributed by atoms with Gasteiger partial charge in [0.25, 0.3) is 17.5 Å². The van der Waals surface area contributed by atoms with Crippen molar-refractivity contribution in [1.29, 1.82) is 5.26 Å². The van der Waals surface area contributed by atoms with Crippen molar-refractivity contribution in [2.24, 2.45) is 82.7 Å². The summed E-state index contributed by atoms with van der Waals surface area (Å²) in [6.45, 7) is 28.8. The number of nitro groups is 1. The number of carbonyl (C=O) groups is 4. The Morgan fingerprint density at radius 2 is 1.17 bits per heavy atom. The number of ether oxygens (including phenoxy) is 1. The second-order valence-corrected chi connectivity index (χ2v) is 27.7. The molecule has 7 aliphatic rings. The highest BCUT2D eigenvalue weighted by molar-refractivity contribution is 6.30. The van der Waals surface area contributed by atoms with Crippen LogP contribution in [-0.2, 0) is 14.4 Å². The van der Waals surface area contributed by atoms with E-state index in [9.17, 15) is 43.9 Å². The summed E-state index contributed by atoms with van der Waals surface area (Å²) in [5.41, 5.74) is 7.34. The number of aromatic nitrogens is 1. The van der Waals surface area contributed by atoms with Gasteiger partial charge in [-0.05, 0) is 178 Å². The molecule has 2 heterocycles. The fourth-order valence-corrected chi connectivity index (χ4v) is 10.8. The number of pyridine rings is 1. The molecule has 3 unspecified atom stereocenters. The zero-order valence-electron chi connectivity index (χ0n) is 55.4. The van der Waals surface area contributed by atoms with Gasteiger partial charge in [0, 0.05) is 43.2 Å². The lowest BCUT2D eigenvalue weighted by Gasteiger charge is -2.29. The summed E-state index contributed by atoms with van der Waals surface area (Å²) in [6.07, 6.45) is 14.5. The topological polar surface area (TPSA) is 252 Å². The van der Waals surface area contributed by atoms with Crippen molar-refractivity contribution in [3.05, 3.63) is 97.9 Å². The molecule has 3 amide bonds. The minimum Gasteiger partial charge on any atom is -0.458 e. The molecule has 19 heteroatoms. The smallest absolute Gasteiger partial charge is 0.338 e. The first-order valence-electron chi connectivity index (χ1n) is 32.2. The molecule has 5 N–H and O–H groups in total. The summed E-state index contributed by atoms with van der Waals surface area (Å²) >= 11 is 5.82. The van der Waals surface area contributed by atoms with Crippen molar-refractivity contribution in [3.8, 4) is 6.07 Å². The molecule has 0 spiro atoms. The van der Waals surface area contributed by atoms with Gasteiger partial charge in [0.1, 0.15) is 17.3 Å². The Labute approximate surface area is 529 Å². The second kappa shape index (κ2) is 35.1. The first-order chi connectivity index (χ1) is 41.4. The molecule has 6 fully saturated rings. The zero-order valence-corrected chi connectivity index (χ0v) is 56.1. The van der Waals surface area contributed by atoms with Gasteiger partial charge in [0.15, 0.2) is 11.6 Å². The normalized spacial score (nSPS) is 18.6. The number of aliphatic hydroxyl groups is 2. The number of rotatable bonds is 20. The molecule has 2 aromatic carbocycles. The minimum atomic E-state index is -0.526.